The van der Waals surface area contributed by atoms with E-state index in [-0.39, 0.29) is 25.9 Å². The van der Waals surface area contributed by atoms with Crippen molar-refractivity contribution in [3.63, 3.8) is 0 Å². The quantitative estimate of drug-likeness (QED) is 0.0197. The van der Waals surface area contributed by atoms with Crippen LogP contribution >= 0.6 is 7.82 Å². The molecule has 0 aliphatic heterocycles. The SMILES string of the molecule is CCC/C=C\C/C=C\CCCCCCCC(=O)OC(CO)COP(=O)(O)OCC(COC(=O)CCCCCCCCCCC/C=C\C/C=C\CCCCC)OC(=O)CCCCCCCCC/C=C\CCCCCCCC. The van der Waals surface area contributed by atoms with Gasteiger partial charge in [-0.15, -0.1) is 0 Å². The van der Waals surface area contributed by atoms with E-state index >= 15 is 0 Å². The van der Waals surface area contributed by atoms with Gasteiger partial charge in [0, 0.05) is 19.3 Å². The molecule has 0 fully saturated rings. The predicted octanol–water partition coefficient (Wildman–Crippen LogP) is 18.7. The molecule has 0 amide bonds. The van der Waals surface area contributed by atoms with E-state index in [1.807, 2.05) is 0 Å². The van der Waals surface area contributed by atoms with Gasteiger partial charge in [-0.1, -0.05) is 229 Å². The van der Waals surface area contributed by atoms with E-state index in [2.05, 4.69) is 81.5 Å². The summed E-state index contributed by atoms with van der Waals surface area (Å²) < 4.78 is 39.6. The van der Waals surface area contributed by atoms with Crippen molar-refractivity contribution in [3.05, 3.63) is 60.8 Å². The second-order valence-electron chi connectivity index (χ2n) is 20.9. The van der Waals surface area contributed by atoms with Crippen molar-refractivity contribution in [1.29, 1.82) is 0 Å². The Balaban J connectivity index is 4.71. The van der Waals surface area contributed by atoms with Crippen LogP contribution < -0.4 is 0 Å². The fourth-order valence-corrected chi connectivity index (χ4v) is 9.38. The Kier molecular flexibility index (Phi) is 56.2. The largest absolute Gasteiger partial charge is 0.472 e. The molecule has 0 aromatic rings. The first kappa shape index (κ1) is 73.2. The molecule has 0 aromatic heterocycles. The maximum Gasteiger partial charge on any atom is 0.472 e. The summed E-state index contributed by atoms with van der Waals surface area (Å²) >= 11 is 0. The van der Waals surface area contributed by atoms with E-state index in [1.165, 1.54) is 128 Å². The number of carbonyl (C=O) groups is 3. The summed E-state index contributed by atoms with van der Waals surface area (Å²) in [5.74, 6) is -1.48. The molecule has 0 aliphatic carbocycles. The molecule has 442 valence electrons. The smallest absolute Gasteiger partial charge is 0.462 e. The Morgan fingerprint density at radius 2 is 0.671 bits per heavy atom. The van der Waals surface area contributed by atoms with Crippen LogP contribution in [0.2, 0.25) is 0 Å². The Morgan fingerprint density at radius 1 is 0.368 bits per heavy atom. The maximum atomic E-state index is 12.9. The van der Waals surface area contributed by atoms with Crippen molar-refractivity contribution >= 4 is 25.7 Å². The van der Waals surface area contributed by atoms with Gasteiger partial charge in [0.15, 0.2) is 6.10 Å². The fraction of sp³-hybridized carbons (Fsp3) is 0.797. The minimum atomic E-state index is -4.76. The molecule has 0 saturated carbocycles. The van der Waals surface area contributed by atoms with Gasteiger partial charge in [0.25, 0.3) is 0 Å². The van der Waals surface area contributed by atoms with Crippen LogP contribution in [-0.4, -0.2) is 66.5 Å². The van der Waals surface area contributed by atoms with Gasteiger partial charge >= 0.3 is 25.7 Å². The second-order valence-corrected chi connectivity index (χ2v) is 22.3. The molecule has 0 heterocycles. The van der Waals surface area contributed by atoms with E-state index in [1.54, 1.807) is 0 Å². The van der Waals surface area contributed by atoms with E-state index in [0.717, 1.165) is 103 Å². The van der Waals surface area contributed by atoms with Gasteiger partial charge < -0.3 is 24.2 Å². The van der Waals surface area contributed by atoms with Crippen molar-refractivity contribution in [3.8, 4) is 0 Å². The normalized spacial score (nSPS) is 13.7. The number of aliphatic hydroxyl groups excluding tert-OH is 1. The minimum absolute atomic E-state index is 0.161. The number of phosphoric ester groups is 1. The van der Waals surface area contributed by atoms with Gasteiger partial charge in [-0.2, -0.15) is 0 Å². The maximum absolute atomic E-state index is 12.9. The van der Waals surface area contributed by atoms with Gasteiger partial charge in [-0.3, -0.25) is 23.4 Å². The summed E-state index contributed by atoms with van der Waals surface area (Å²) in [4.78, 5) is 48.7. The Morgan fingerprint density at radius 3 is 1.07 bits per heavy atom. The van der Waals surface area contributed by atoms with E-state index < -0.39 is 57.8 Å². The lowest BCUT2D eigenvalue weighted by atomic mass is 10.1. The summed E-state index contributed by atoms with van der Waals surface area (Å²) in [6.07, 6.45) is 64.5. The highest BCUT2D eigenvalue weighted by Gasteiger charge is 2.28. The van der Waals surface area contributed by atoms with Gasteiger partial charge in [-0.25, -0.2) is 4.57 Å². The molecule has 3 atom stereocenters. The lowest BCUT2D eigenvalue weighted by Crippen LogP contribution is -2.30. The zero-order valence-corrected chi connectivity index (χ0v) is 49.9. The minimum Gasteiger partial charge on any atom is -0.462 e. The molecular weight excluding hydrogens is 976 g/mol. The number of hydrogen-bond donors (Lipinski definition) is 2. The van der Waals surface area contributed by atoms with E-state index in [4.69, 9.17) is 23.3 Å². The summed E-state index contributed by atoms with van der Waals surface area (Å²) in [5.41, 5.74) is 0. The highest BCUT2D eigenvalue weighted by molar-refractivity contribution is 7.47. The fourth-order valence-electron chi connectivity index (χ4n) is 8.60. The standard InChI is InChI=1S/C64H115O11P/c1-4-7-10-13-16-19-22-25-27-29-30-32-33-36-38-41-44-47-50-53-62(66)71-57-61(75-64(68)55-52-49-46-43-40-37-34-31-28-26-23-20-17-14-11-8-5-2)59-73-76(69,70)72-58-60(56-65)74-63(67)54-51-48-45-42-39-35-24-21-18-15-12-9-6-3/h12,15-16,19,21,24-28,60-61,65H,4-11,13-14,17-18,20,22-23,29-59H2,1-3H3,(H,69,70)/b15-12-,19-16-,24-21-,27-25-,28-26-. The first-order valence-corrected chi connectivity index (χ1v) is 32.7. The lowest BCUT2D eigenvalue weighted by molar-refractivity contribution is -0.161. The molecule has 3 unspecified atom stereocenters. The summed E-state index contributed by atoms with van der Waals surface area (Å²) in [5, 5.41) is 9.82. The van der Waals surface area contributed by atoms with Crippen LogP contribution in [-0.2, 0) is 42.2 Å². The van der Waals surface area contributed by atoms with Crippen LogP contribution in [0.5, 0.6) is 0 Å². The average molecular weight is 1090 g/mol. The third-order valence-electron chi connectivity index (χ3n) is 13.4. The monoisotopic (exact) mass is 1090 g/mol. The molecule has 0 aliphatic rings. The first-order chi connectivity index (χ1) is 37.2. The molecular formula is C64H115O11P. The van der Waals surface area contributed by atoms with E-state index in [9.17, 15) is 28.9 Å². The second kappa shape index (κ2) is 58.3. The third-order valence-corrected chi connectivity index (χ3v) is 14.3. The number of hydrogen-bond acceptors (Lipinski definition) is 10. The van der Waals surface area contributed by atoms with Crippen LogP contribution in [0.1, 0.15) is 290 Å². The number of aliphatic hydroxyl groups is 1. The first-order valence-electron chi connectivity index (χ1n) is 31.2. The molecule has 0 aromatic carbocycles. The van der Waals surface area contributed by atoms with E-state index in [0.29, 0.717) is 19.3 Å². The molecule has 2 N–H and O–H groups in total. The number of carbonyl (C=O) groups excluding carboxylic acids is 3. The molecule has 0 spiro atoms. The third kappa shape index (κ3) is 55.9. The molecule has 0 rings (SSSR count). The van der Waals surface area contributed by atoms with Crippen LogP contribution in [0.4, 0.5) is 0 Å². The molecule has 11 nitrogen and oxygen atoms in total. The lowest BCUT2D eigenvalue weighted by Gasteiger charge is -2.21. The van der Waals surface area contributed by atoms with Crippen molar-refractivity contribution in [1.82, 2.24) is 0 Å². The summed E-state index contributed by atoms with van der Waals surface area (Å²) in [6.45, 7) is 4.56. The highest BCUT2D eigenvalue weighted by atomic mass is 31.2. The van der Waals surface area contributed by atoms with Crippen molar-refractivity contribution in [2.24, 2.45) is 0 Å². The van der Waals surface area contributed by atoms with Gasteiger partial charge in [0.05, 0.1) is 19.8 Å². The van der Waals surface area contributed by atoms with Gasteiger partial charge in [-0.05, 0) is 103 Å². The Bertz CT molecular complexity index is 1510. The number of rotatable bonds is 58. The van der Waals surface area contributed by atoms with Crippen LogP contribution in [0.15, 0.2) is 60.8 Å². The summed E-state index contributed by atoms with van der Waals surface area (Å²) in [7, 11) is -4.76. The number of allylic oxidation sites excluding steroid dienone is 10. The summed E-state index contributed by atoms with van der Waals surface area (Å²) in [6, 6.07) is 0. The zero-order valence-electron chi connectivity index (χ0n) is 49.0. The highest BCUT2D eigenvalue weighted by Crippen LogP contribution is 2.43. The van der Waals surface area contributed by atoms with Crippen LogP contribution in [0.3, 0.4) is 0 Å². The molecule has 0 saturated heterocycles. The molecule has 0 radical (unpaired) electrons. The molecule has 12 heteroatoms. The van der Waals surface area contributed by atoms with Crippen LogP contribution in [0.25, 0.3) is 0 Å². The number of unbranched alkanes of at least 4 members (excludes halogenated alkanes) is 31. The van der Waals surface area contributed by atoms with Crippen molar-refractivity contribution in [2.75, 3.05) is 26.4 Å². The average Bonchev–Trinajstić information content (AvgIpc) is 3.41. The Labute approximate surface area is 465 Å². The topological polar surface area (TPSA) is 155 Å². The predicted molar refractivity (Wildman–Crippen MR) is 316 cm³/mol. The molecule has 0 bridgehead atoms. The van der Waals surface area contributed by atoms with Crippen molar-refractivity contribution < 1.29 is 52.2 Å². The van der Waals surface area contributed by atoms with Gasteiger partial charge in [0.2, 0.25) is 0 Å². The van der Waals surface area contributed by atoms with Crippen molar-refractivity contribution in [2.45, 2.75) is 303 Å². The molecule has 76 heavy (non-hydrogen) atoms. The number of ether oxygens (including phenoxy) is 3. The number of esters is 3. The van der Waals surface area contributed by atoms with Crippen LogP contribution in [0, 0.1) is 0 Å². The Hall–Kier alpha value is -2.82. The number of phosphoric acid groups is 1. The van der Waals surface area contributed by atoms with Gasteiger partial charge in [0.1, 0.15) is 12.7 Å². The zero-order chi connectivity index (χ0) is 55.5.